The quantitative estimate of drug-likeness (QED) is 0.189. The molecular weight excluding hydrogens is 629 g/mol. The van der Waals surface area contributed by atoms with Gasteiger partial charge in [-0.1, -0.05) is 103 Å². The number of nitrogens with zero attached hydrogens (tertiary/aromatic N) is 2. The highest BCUT2D eigenvalue weighted by molar-refractivity contribution is 6.10. The fourth-order valence-electron chi connectivity index (χ4n) is 7.38. The van der Waals surface area contributed by atoms with Gasteiger partial charge < -0.3 is 13.3 Å². The van der Waals surface area contributed by atoms with E-state index in [1.54, 1.807) is 0 Å². The molecule has 0 spiro atoms. The average Bonchev–Trinajstić information content (AvgIpc) is 3.88. The number of furan rings is 3. The van der Waals surface area contributed by atoms with Crippen LogP contribution in [0.15, 0.2) is 171 Å². The Kier molecular flexibility index (Phi) is 5.89. The Bertz CT molecular complexity index is 3130. The normalized spacial score (nSPS) is 11.9. The SMILES string of the molecule is c1ccc(-c2ccc3oc4c(-c5ccccc5)nc(-c5ccc6c(c5)oc5ccc(-c7ccc8oc9ccccc9c8c7)cc56)nc4c3c2)cc1. The predicted molar refractivity (Wildman–Crippen MR) is 206 cm³/mol. The Morgan fingerprint density at radius 1 is 0.314 bits per heavy atom. The molecule has 11 rings (SSSR count). The largest absolute Gasteiger partial charge is 0.456 e. The van der Waals surface area contributed by atoms with Gasteiger partial charge in [0, 0.05) is 38.1 Å². The molecule has 0 aliphatic heterocycles. The molecule has 0 fully saturated rings. The second-order valence-electron chi connectivity index (χ2n) is 13.0. The number of hydrogen-bond donors (Lipinski definition) is 0. The predicted octanol–water partition coefficient (Wildman–Crippen LogP) is 12.8. The number of hydrogen-bond acceptors (Lipinski definition) is 5. The van der Waals surface area contributed by atoms with Crippen LogP contribution in [0.1, 0.15) is 0 Å². The Morgan fingerprint density at radius 2 is 0.843 bits per heavy atom. The summed E-state index contributed by atoms with van der Waals surface area (Å²) in [7, 11) is 0. The van der Waals surface area contributed by atoms with Gasteiger partial charge in [-0.15, -0.1) is 0 Å². The van der Waals surface area contributed by atoms with E-state index in [1.165, 1.54) is 0 Å². The lowest BCUT2D eigenvalue weighted by atomic mass is 10.0. The van der Waals surface area contributed by atoms with Crippen molar-refractivity contribution in [2.45, 2.75) is 0 Å². The minimum atomic E-state index is 0.609. The fraction of sp³-hybridized carbons (Fsp3) is 0. The van der Waals surface area contributed by atoms with Gasteiger partial charge in [0.05, 0.1) is 0 Å². The molecule has 0 bridgehead atoms. The highest BCUT2D eigenvalue weighted by atomic mass is 16.3. The van der Waals surface area contributed by atoms with Crippen LogP contribution < -0.4 is 0 Å². The molecule has 4 aromatic heterocycles. The molecule has 0 N–H and O–H groups in total. The van der Waals surface area contributed by atoms with Crippen molar-refractivity contribution in [3.8, 4) is 44.9 Å². The molecule has 238 valence electrons. The first kappa shape index (κ1) is 27.9. The van der Waals surface area contributed by atoms with Gasteiger partial charge in [0.15, 0.2) is 11.4 Å². The minimum absolute atomic E-state index is 0.609. The highest BCUT2D eigenvalue weighted by Crippen LogP contribution is 2.40. The summed E-state index contributed by atoms with van der Waals surface area (Å²) in [5.41, 5.74) is 12.7. The van der Waals surface area contributed by atoms with E-state index in [9.17, 15) is 0 Å². The standard InChI is InChI=1S/C46H26N2O3/c1-3-9-27(10-4-1)29-16-22-41-37(25-29)44-45(51-41)43(28-11-5-2-6-12-28)47-46(48-44)32-15-19-34-36-24-31(18-21-40(36)50-42(34)26-32)30-17-20-39-35(23-30)33-13-7-8-14-38(33)49-39/h1-26H. The van der Waals surface area contributed by atoms with Gasteiger partial charge in [0.25, 0.3) is 0 Å². The molecule has 5 nitrogen and oxygen atoms in total. The van der Waals surface area contributed by atoms with E-state index in [0.29, 0.717) is 11.4 Å². The minimum Gasteiger partial charge on any atom is -0.456 e. The summed E-state index contributed by atoms with van der Waals surface area (Å²) in [4.78, 5) is 10.3. The zero-order valence-electron chi connectivity index (χ0n) is 27.1. The second kappa shape index (κ2) is 10.8. The Hall–Kier alpha value is -6.98. The van der Waals surface area contributed by atoms with Gasteiger partial charge in [-0.05, 0) is 76.9 Å². The number of fused-ring (bicyclic) bond motifs is 9. The number of rotatable bonds is 4. The fourth-order valence-corrected chi connectivity index (χ4v) is 7.38. The van der Waals surface area contributed by atoms with Crippen LogP contribution in [-0.2, 0) is 0 Å². The second-order valence-corrected chi connectivity index (χ2v) is 13.0. The van der Waals surface area contributed by atoms with Crippen molar-refractivity contribution in [3.05, 3.63) is 158 Å². The van der Waals surface area contributed by atoms with Crippen molar-refractivity contribution in [3.63, 3.8) is 0 Å². The number of benzene rings is 7. The van der Waals surface area contributed by atoms with E-state index >= 15 is 0 Å². The Balaban J connectivity index is 1.06. The molecule has 0 saturated heterocycles. The van der Waals surface area contributed by atoms with Crippen molar-refractivity contribution >= 4 is 65.9 Å². The molecule has 0 radical (unpaired) electrons. The molecule has 11 aromatic rings. The van der Waals surface area contributed by atoms with Gasteiger partial charge in [-0.2, -0.15) is 0 Å². The molecule has 0 saturated carbocycles. The van der Waals surface area contributed by atoms with Crippen LogP contribution in [0.25, 0.3) is 111 Å². The summed E-state index contributed by atoms with van der Waals surface area (Å²) >= 11 is 0. The monoisotopic (exact) mass is 654 g/mol. The third-order valence-electron chi connectivity index (χ3n) is 9.91. The van der Waals surface area contributed by atoms with E-state index in [1.807, 2.05) is 54.6 Å². The Morgan fingerprint density at radius 3 is 1.57 bits per heavy atom. The maximum absolute atomic E-state index is 6.47. The summed E-state index contributed by atoms with van der Waals surface area (Å²) in [5.74, 6) is 0.609. The summed E-state index contributed by atoms with van der Waals surface area (Å²) in [5, 5.41) is 5.27. The summed E-state index contributed by atoms with van der Waals surface area (Å²) in [6, 6.07) is 54.0. The zero-order chi connectivity index (χ0) is 33.5. The molecule has 0 aliphatic rings. The van der Waals surface area contributed by atoms with Crippen LogP contribution in [0.5, 0.6) is 0 Å². The van der Waals surface area contributed by atoms with E-state index < -0.39 is 0 Å². The molecule has 5 heteroatoms. The Labute approximate surface area is 291 Å². The first-order chi connectivity index (χ1) is 25.2. The van der Waals surface area contributed by atoms with Crippen LogP contribution in [0.2, 0.25) is 0 Å². The molecule has 0 aliphatic carbocycles. The molecule has 0 atom stereocenters. The molecule has 4 heterocycles. The van der Waals surface area contributed by atoms with Crippen LogP contribution in [0.4, 0.5) is 0 Å². The van der Waals surface area contributed by atoms with Crippen molar-refractivity contribution in [2.24, 2.45) is 0 Å². The summed E-state index contributed by atoms with van der Waals surface area (Å²) < 4.78 is 19.0. The van der Waals surface area contributed by atoms with Crippen LogP contribution in [0, 0.1) is 0 Å². The highest BCUT2D eigenvalue weighted by Gasteiger charge is 2.20. The van der Waals surface area contributed by atoms with E-state index in [-0.39, 0.29) is 0 Å². The summed E-state index contributed by atoms with van der Waals surface area (Å²) in [6.07, 6.45) is 0. The van der Waals surface area contributed by atoms with E-state index in [2.05, 4.69) is 103 Å². The smallest absolute Gasteiger partial charge is 0.180 e. The van der Waals surface area contributed by atoms with Gasteiger partial charge in [0.2, 0.25) is 0 Å². The number of para-hydroxylation sites is 1. The molecule has 0 amide bonds. The van der Waals surface area contributed by atoms with Gasteiger partial charge in [-0.25, -0.2) is 9.97 Å². The topological polar surface area (TPSA) is 65.2 Å². The molecular formula is C46H26N2O3. The van der Waals surface area contributed by atoms with Crippen LogP contribution in [-0.4, -0.2) is 9.97 Å². The molecule has 7 aromatic carbocycles. The lowest BCUT2D eigenvalue weighted by molar-refractivity contribution is 0.667. The summed E-state index contributed by atoms with van der Waals surface area (Å²) in [6.45, 7) is 0. The third kappa shape index (κ3) is 4.42. The maximum atomic E-state index is 6.47. The van der Waals surface area contributed by atoms with Gasteiger partial charge in [-0.3, -0.25) is 0 Å². The third-order valence-corrected chi connectivity index (χ3v) is 9.91. The molecule has 0 unspecified atom stereocenters. The van der Waals surface area contributed by atoms with Crippen LogP contribution >= 0.6 is 0 Å². The lowest BCUT2D eigenvalue weighted by Gasteiger charge is -2.06. The van der Waals surface area contributed by atoms with E-state index in [4.69, 9.17) is 23.2 Å². The zero-order valence-corrected chi connectivity index (χ0v) is 27.1. The maximum Gasteiger partial charge on any atom is 0.180 e. The van der Waals surface area contributed by atoms with Crippen LogP contribution in [0.3, 0.4) is 0 Å². The van der Waals surface area contributed by atoms with Crippen molar-refractivity contribution < 1.29 is 13.3 Å². The number of aromatic nitrogens is 2. The van der Waals surface area contributed by atoms with Crippen molar-refractivity contribution in [1.29, 1.82) is 0 Å². The lowest BCUT2D eigenvalue weighted by Crippen LogP contribution is -1.93. The van der Waals surface area contributed by atoms with E-state index in [0.717, 1.165) is 99.4 Å². The first-order valence-electron chi connectivity index (χ1n) is 17.0. The van der Waals surface area contributed by atoms with Crippen molar-refractivity contribution in [1.82, 2.24) is 9.97 Å². The van der Waals surface area contributed by atoms with Gasteiger partial charge in [0.1, 0.15) is 39.1 Å². The van der Waals surface area contributed by atoms with Gasteiger partial charge >= 0.3 is 0 Å². The molecule has 51 heavy (non-hydrogen) atoms. The average molecular weight is 655 g/mol. The van der Waals surface area contributed by atoms with Crippen molar-refractivity contribution in [2.75, 3.05) is 0 Å². The first-order valence-corrected chi connectivity index (χ1v) is 17.0.